The van der Waals surface area contributed by atoms with Crippen LogP contribution in [0, 0.1) is 5.82 Å². The van der Waals surface area contributed by atoms with Gasteiger partial charge in [-0.2, -0.15) is 12.6 Å². The van der Waals surface area contributed by atoms with E-state index in [1.807, 2.05) is 0 Å². The van der Waals surface area contributed by atoms with Gasteiger partial charge in [0, 0.05) is 24.4 Å². The Kier molecular flexibility index (Phi) is 3.86. The highest BCUT2D eigenvalue weighted by Crippen LogP contribution is 2.32. The maximum Gasteiger partial charge on any atom is 0.228 e. The predicted molar refractivity (Wildman–Crippen MR) is 69.3 cm³/mol. The van der Waals surface area contributed by atoms with E-state index >= 15 is 0 Å². The number of fused-ring (bicyclic) bond motifs is 1. The highest BCUT2D eigenvalue weighted by molar-refractivity contribution is 7.80. The topological polar surface area (TPSA) is 58.2 Å². The summed E-state index contributed by atoms with van der Waals surface area (Å²) in [5, 5.41) is 5.26. The predicted octanol–water partition coefficient (Wildman–Crippen LogP) is 1.30. The SMILES string of the molecule is O=C1CC(C(=O)NCCS)c2ccc(F)cc2N1. The maximum absolute atomic E-state index is 13.1. The molecule has 2 rings (SSSR count). The average Bonchev–Trinajstić information content (AvgIpc) is 2.34. The second-order valence-corrected chi connectivity index (χ2v) is 4.50. The highest BCUT2D eigenvalue weighted by Gasteiger charge is 2.30. The first-order valence-corrected chi connectivity index (χ1v) is 6.23. The van der Waals surface area contributed by atoms with E-state index in [2.05, 4.69) is 23.3 Å². The van der Waals surface area contributed by atoms with Crippen LogP contribution in [0.25, 0.3) is 0 Å². The van der Waals surface area contributed by atoms with Crippen LogP contribution in [0.4, 0.5) is 10.1 Å². The van der Waals surface area contributed by atoms with Crippen molar-refractivity contribution in [2.24, 2.45) is 0 Å². The lowest BCUT2D eigenvalue weighted by Gasteiger charge is -2.24. The van der Waals surface area contributed by atoms with Gasteiger partial charge in [-0.05, 0) is 17.7 Å². The van der Waals surface area contributed by atoms with Crippen LogP contribution in [0.2, 0.25) is 0 Å². The molecule has 4 nitrogen and oxygen atoms in total. The summed E-state index contributed by atoms with van der Waals surface area (Å²) < 4.78 is 13.1. The molecule has 18 heavy (non-hydrogen) atoms. The van der Waals surface area contributed by atoms with Crippen LogP contribution in [0.1, 0.15) is 17.9 Å². The molecule has 1 unspecified atom stereocenters. The molecule has 2 N–H and O–H groups in total. The van der Waals surface area contributed by atoms with Crippen molar-refractivity contribution in [1.29, 1.82) is 0 Å². The Labute approximate surface area is 109 Å². The van der Waals surface area contributed by atoms with Crippen LogP contribution >= 0.6 is 12.6 Å². The van der Waals surface area contributed by atoms with Gasteiger partial charge in [-0.15, -0.1) is 0 Å². The van der Waals surface area contributed by atoms with E-state index in [0.717, 1.165) is 0 Å². The van der Waals surface area contributed by atoms with E-state index in [-0.39, 0.29) is 18.2 Å². The van der Waals surface area contributed by atoms with E-state index in [4.69, 9.17) is 0 Å². The lowest BCUT2D eigenvalue weighted by Crippen LogP contribution is -2.35. The van der Waals surface area contributed by atoms with Gasteiger partial charge in [-0.3, -0.25) is 9.59 Å². The summed E-state index contributed by atoms with van der Waals surface area (Å²) in [7, 11) is 0. The molecule has 0 spiro atoms. The summed E-state index contributed by atoms with van der Waals surface area (Å²) in [6, 6.07) is 4.05. The molecule has 6 heteroatoms. The van der Waals surface area contributed by atoms with E-state index in [1.165, 1.54) is 18.2 Å². The minimum Gasteiger partial charge on any atom is -0.355 e. The molecule has 1 aromatic rings. The number of amides is 2. The van der Waals surface area contributed by atoms with Crippen molar-refractivity contribution in [3.05, 3.63) is 29.6 Å². The molecule has 0 saturated heterocycles. The molecule has 1 aromatic carbocycles. The maximum atomic E-state index is 13.1. The van der Waals surface area contributed by atoms with E-state index in [1.54, 1.807) is 0 Å². The normalized spacial score (nSPS) is 17.9. The zero-order valence-corrected chi connectivity index (χ0v) is 10.5. The molecule has 96 valence electrons. The van der Waals surface area contributed by atoms with Gasteiger partial charge in [0.15, 0.2) is 0 Å². The Morgan fingerprint density at radius 3 is 3.06 bits per heavy atom. The second kappa shape index (κ2) is 5.39. The fourth-order valence-corrected chi connectivity index (χ4v) is 2.09. The lowest BCUT2D eigenvalue weighted by molar-refractivity contribution is -0.126. The molecule has 1 heterocycles. The van der Waals surface area contributed by atoms with Gasteiger partial charge in [0.25, 0.3) is 0 Å². The Bertz CT molecular complexity index is 493. The van der Waals surface area contributed by atoms with Gasteiger partial charge in [0.05, 0.1) is 5.92 Å². The minimum atomic E-state index is -0.561. The van der Waals surface area contributed by atoms with Gasteiger partial charge >= 0.3 is 0 Å². The van der Waals surface area contributed by atoms with Crippen LogP contribution in [-0.2, 0) is 9.59 Å². The van der Waals surface area contributed by atoms with Crippen LogP contribution in [0.5, 0.6) is 0 Å². The van der Waals surface area contributed by atoms with Gasteiger partial charge in [0.1, 0.15) is 5.82 Å². The summed E-state index contributed by atoms with van der Waals surface area (Å²) in [4.78, 5) is 23.4. The second-order valence-electron chi connectivity index (χ2n) is 4.05. The minimum absolute atomic E-state index is 0.0804. The standard InChI is InChI=1S/C12H13FN2O2S/c13-7-1-2-8-9(12(17)14-3-4-18)6-11(16)15-10(8)5-7/h1-2,5,9,18H,3-4,6H2,(H,14,17)(H,15,16). The summed E-state index contributed by atoms with van der Waals surface area (Å²) in [5.74, 6) is -0.980. The van der Waals surface area contributed by atoms with Crippen molar-refractivity contribution >= 4 is 30.1 Å². The largest absolute Gasteiger partial charge is 0.355 e. The Hall–Kier alpha value is -1.56. The third-order valence-corrected chi connectivity index (χ3v) is 3.01. The number of anilines is 1. The third kappa shape index (κ3) is 2.64. The van der Waals surface area contributed by atoms with E-state index in [9.17, 15) is 14.0 Å². The molecule has 0 bridgehead atoms. The van der Waals surface area contributed by atoms with Crippen molar-refractivity contribution in [2.75, 3.05) is 17.6 Å². The monoisotopic (exact) mass is 268 g/mol. The van der Waals surface area contributed by atoms with Gasteiger partial charge < -0.3 is 10.6 Å². The van der Waals surface area contributed by atoms with Gasteiger partial charge in [-0.25, -0.2) is 4.39 Å². The molecular weight excluding hydrogens is 255 g/mol. The van der Waals surface area contributed by atoms with E-state index in [0.29, 0.717) is 23.5 Å². The third-order valence-electron chi connectivity index (χ3n) is 2.78. The number of benzene rings is 1. The number of carbonyl (C=O) groups is 2. The molecule has 0 saturated carbocycles. The van der Waals surface area contributed by atoms with Crippen molar-refractivity contribution in [1.82, 2.24) is 5.32 Å². The molecular formula is C12H13FN2O2S. The number of nitrogens with one attached hydrogen (secondary N) is 2. The van der Waals surface area contributed by atoms with Crippen LogP contribution in [0.3, 0.4) is 0 Å². The van der Waals surface area contributed by atoms with Crippen molar-refractivity contribution in [3.8, 4) is 0 Å². The smallest absolute Gasteiger partial charge is 0.228 e. The molecule has 2 amide bonds. The fraction of sp³-hybridized carbons (Fsp3) is 0.333. The zero-order chi connectivity index (χ0) is 13.1. The number of hydrogen-bond acceptors (Lipinski definition) is 3. The molecule has 0 radical (unpaired) electrons. The Balaban J connectivity index is 2.28. The molecule has 1 atom stereocenters. The Morgan fingerprint density at radius 1 is 1.56 bits per heavy atom. The number of carbonyl (C=O) groups excluding carboxylic acids is 2. The summed E-state index contributed by atoms with van der Waals surface area (Å²) >= 11 is 4.00. The number of thiol groups is 1. The van der Waals surface area contributed by atoms with Gasteiger partial charge in [-0.1, -0.05) is 6.07 Å². The van der Waals surface area contributed by atoms with Gasteiger partial charge in [0.2, 0.25) is 11.8 Å². The molecule has 1 aliphatic heterocycles. The quantitative estimate of drug-likeness (QED) is 0.724. The van der Waals surface area contributed by atoms with Crippen molar-refractivity contribution in [3.63, 3.8) is 0 Å². The first kappa shape index (κ1) is 12.9. The average molecular weight is 268 g/mol. The summed E-state index contributed by atoms with van der Waals surface area (Å²) in [6.07, 6.45) is 0.0804. The fourth-order valence-electron chi connectivity index (χ4n) is 1.97. The van der Waals surface area contributed by atoms with Crippen LogP contribution in [0.15, 0.2) is 18.2 Å². The molecule has 0 aliphatic carbocycles. The molecule has 1 aliphatic rings. The number of rotatable bonds is 3. The zero-order valence-electron chi connectivity index (χ0n) is 9.57. The first-order chi connectivity index (χ1) is 8.61. The molecule has 0 fully saturated rings. The van der Waals surface area contributed by atoms with E-state index < -0.39 is 11.7 Å². The molecule has 0 aromatic heterocycles. The van der Waals surface area contributed by atoms with Crippen LogP contribution < -0.4 is 10.6 Å². The first-order valence-electron chi connectivity index (χ1n) is 5.59. The summed E-state index contributed by atoms with van der Waals surface area (Å²) in [5.41, 5.74) is 1.02. The highest BCUT2D eigenvalue weighted by atomic mass is 32.1. The number of halogens is 1. The van der Waals surface area contributed by atoms with Crippen LogP contribution in [-0.4, -0.2) is 24.1 Å². The number of hydrogen-bond donors (Lipinski definition) is 3. The van der Waals surface area contributed by atoms with Crippen molar-refractivity contribution < 1.29 is 14.0 Å². The Morgan fingerprint density at radius 2 is 2.33 bits per heavy atom. The van der Waals surface area contributed by atoms with Crippen molar-refractivity contribution in [2.45, 2.75) is 12.3 Å². The lowest BCUT2D eigenvalue weighted by atomic mass is 9.90. The summed E-state index contributed by atoms with van der Waals surface area (Å²) in [6.45, 7) is 0.441.